The predicted octanol–water partition coefficient (Wildman–Crippen LogP) is 3.79. The van der Waals surface area contributed by atoms with Crippen LogP contribution >= 0.6 is 0 Å². The van der Waals surface area contributed by atoms with E-state index in [0.29, 0.717) is 30.9 Å². The first-order valence-electron chi connectivity index (χ1n) is 8.57. The highest BCUT2D eigenvalue weighted by atomic mass is 19.1. The van der Waals surface area contributed by atoms with Gasteiger partial charge in [-0.15, -0.1) is 0 Å². The van der Waals surface area contributed by atoms with Crippen LogP contribution in [0.15, 0.2) is 54.7 Å². The van der Waals surface area contributed by atoms with Crippen LogP contribution in [0.3, 0.4) is 0 Å². The molecule has 2 heterocycles. The van der Waals surface area contributed by atoms with Gasteiger partial charge in [-0.25, -0.2) is 14.4 Å². The summed E-state index contributed by atoms with van der Waals surface area (Å²) >= 11 is 0. The number of nitrogens with zero attached hydrogens (tertiary/aromatic N) is 3. The van der Waals surface area contributed by atoms with Crippen molar-refractivity contribution >= 4 is 5.91 Å². The zero-order chi connectivity index (χ0) is 18.1. The second kappa shape index (κ2) is 6.67. The van der Waals surface area contributed by atoms with Crippen LogP contribution < -0.4 is 0 Å². The molecule has 4 nitrogen and oxygen atoms in total. The summed E-state index contributed by atoms with van der Waals surface area (Å²) in [6.07, 6.45) is 2.46. The van der Waals surface area contributed by atoms with E-state index < -0.39 is 0 Å². The Morgan fingerprint density at radius 3 is 2.73 bits per heavy atom. The zero-order valence-electron chi connectivity index (χ0n) is 14.4. The molecule has 0 spiro atoms. The molecule has 3 aromatic rings. The minimum atomic E-state index is -0.281. The van der Waals surface area contributed by atoms with Crippen LogP contribution in [-0.4, -0.2) is 27.3 Å². The van der Waals surface area contributed by atoms with Gasteiger partial charge in [0, 0.05) is 42.4 Å². The minimum absolute atomic E-state index is 0.0296. The van der Waals surface area contributed by atoms with Crippen molar-refractivity contribution in [2.24, 2.45) is 0 Å². The molecule has 0 aliphatic carbocycles. The van der Waals surface area contributed by atoms with Gasteiger partial charge in [0.2, 0.25) is 0 Å². The average Bonchev–Trinajstić information content (AvgIpc) is 2.67. The van der Waals surface area contributed by atoms with Gasteiger partial charge < -0.3 is 4.90 Å². The van der Waals surface area contributed by atoms with Gasteiger partial charge in [-0.3, -0.25) is 4.79 Å². The number of hydrogen-bond donors (Lipinski definition) is 0. The summed E-state index contributed by atoms with van der Waals surface area (Å²) in [5.41, 5.74) is 4.47. The first kappa shape index (κ1) is 16.4. The van der Waals surface area contributed by atoms with E-state index in [1.165, 1.54) is 12.1 Å². The van der Waals surface area contributed by atoms with E-state index in [1.54, 1.807) is 18.3 Å². The second-order valence-electron chi connectivity index (χ2n) is 6.52. The largest absolute Gasteiger partial charge is 0.334 e. The average molecular weight is 347 g/mol. The van der Waals surface area contributed by atoms with Crippen molar-refractivity contribution in [2.75, 3.05) is 6.54 Å². The quantitative estimate of drug-likeness (QED) is 0.708. The lowest BCUT2D eigenvalue weighted by Crippen LogP contribution is -2.36. The molecule has 1 amide bonds. The van der Waals surface area contributed by atoms with Crippen LogP contribution in [0.5, 0.6) is 0 Å². The Balaban J connectivity index is 1.56. The third-order valence-electron chi connectivity index (χ3n) is 4.59. The summed E-state index contributed by atoms with van der Waals surface area (Å²) in [7, 11) is 0. The third-order valence-corrected chi connectivity index (χ3v) is 4.59. The fraction of sp³-hybridized carbons (Fsp3) is 0.190. The predicted molar refractivity (Wildman–Crippen MR) is 97.0 cm³/mol. The SMILES string of the molecule is Cc1cccc(C(=O)N2CCc3nc(-c4ccc(F)cc4)ncc3C2)c1. The molecule has 0 atom stereocenters. The number of aryl methyl sites for hydroxylation is 1. The summed E-state index contributed by atoms with van der Waals surface area (Å²) in [5.74, 6) is 0.334. The Labute approximate surface area is 151 Å². The zero-order valence-corrected chi connectivity index (χ0v) is 14.4. The molecule has 0 unspecified atom stereocenters. The lowest BCUT2D eigenvalue weighted by molar-refractivity contribution is 0.0733. The fourth-order valence-electron chi connectivity index (χ4n) is 3.19. The van der Waals surface area contributed by atoms with Gasteiger partial charge >= 0.3 is 0 Å². The van der Waals surface area contributed by atoms with Gasteiger partial charge in [0.15, 0.2) is 5.82 Å². The number of carbonyl (C=O) groups is 1. The number of carbonyl (C=O) groups excluding carboxylic acids is 1. The standard InChI is InChI=1S/C21H18FN3O/c1-14-3-2-4-16(11-14)21(26)25-10-9-19-17(13-25)12-23-20(24-19)15-5-7-18(22)8-6-15/h2-8,11-12H,9-10,13H2,1H3. The Hall–Kier alpha value is -3.08. The molecule has 130 valence electrons. The van der Waals surface area contributed by atoms with Gasteiger partial charge in [0.25, 0.3) is 5.91 Å². The molecule has 0 saturated heterocycles. The molecule has 26 heavy (non-hydrogen) atoms. The molecule has 0 N–H and O–H groups in total. The number of rotatable bonds is 2. The van der Waals surface area contributed by atoms with E-state index in [4.69, 9.17) is 0 Å². The van der Waals surface area contributed by atoms with Gasteiger partial charge in [-0.1, -0.05) is 17.7 Å². The van der Waals surface area contributed by atoms with Crippen LogP contribution in [0.25, 0.3) is 11.4 Å². The smallest absolute Gasteiger partial charge is 0.254 e. The van der Waals surface area contributed by atoms with Crippen LogP contribution in [0.2, 0.25) is 0 Å². The van der Waals surface area contributed by atoms with Crippen LogP contribution in [0.4, 0.5) is 4.39 Å². The molecule has 2 aromatic carbocycles. The van der Waals surface area contributed by atoms with Gasteiger partial charge in [-0.05, 0) is 43.3 Å². The fourth-order valence-corrected chi connectivity index (χ4v) is 3.19. The van der Waals surface area contributed by atoms with Crippen molar-refractivity contribution in [2.45, 2.75) is 19.9 Å². The molecule has 4 rings (SSSR count). The van der Waals surface area contributed by atoms with Crippen LogP contribution in [0, 0.1) is 12.7 Å². The van der Waals surface area contributed by atoms with E-state index in [-0.39, 0.29) is 11.7 Å². The molecule has 1 aliphatic heterocycles. The number of hydrogen-bond acceptors (Lipinski definition) is 3. The molecule has 0 saturated carbocycles. The Morgan fingerprint density at radius 2 is 1.96 bits per heavy atom. The molecule has 1 aromatic heterocycles. The number of halogens is 1. The maximum Gasteiger partial charge on any atom is 0.254 e. The van der Waals surface area contributed by atoms with Crippen molar-refractivity contribution in [3.63, 3.8) is 0 Å². The van der Waals surface area contributed by atoms with Crippen molar-refractivity contribution in [3.05, 3.63) is 82.9 Å². The number of benzene rings is 2. The van der Waals surface area contributed by atoms with E-state index >= 15 is 0 Å². The molecular formula is C21H18FN3O. The van der Waals surface area contributed by atoms with E-state index in [1.807, 2.05) is 36.1 Å². The van der Waals surface area contributed by atoms with Crippen molar-refractivity contribution in [1.82, 2.24) is 14.9 Å². The third kappa shape index (κ3) is 3.20. The topological polar surface area (TPSA) is 46.1 Å². The highest BCUT2D eigenvalue weighted by molar-refractivity contribution is 5.94. The van der Waals surface area contributed by atoms with Crippen LogP contribution in [0.1, 0.15) is 27.2 Å². The van der Waals surface area contributed by atoms with E-state index in [0.717, 1.165) is 22.4 Å². The molecule has 0 bridgehead atoms. The number of fused-ring (bicyclic) bond motifs is 1. The van der Waals surface area contributed by atoms with Crippen molar-refractivity contribution in [1.29, 1.82) is 0 Å². The molecule has 0 radical (unpaired) electrons. The lowest BCUT2D eigenvalue weighted by atomic mass is 10.0. The van der Waals surface area contributed by atoms with E-state index in [2.05, 4.69) is 9.97 Å². The van der Waals surface area contributed by atoms with Crippen molar-refractivity contribution in [3.8, 4) is 11.4 Å². The summed E-state index contributed by atoms with van der Waals surface area (Å²) < 4.78 is 13.1. The normalized spacial score (nSPS) is 13.4. The maximum absolute atomic E-state index is 13.1. The number of aromatic nitrogens is 2. The maximum atomic E-state index is 13.1. The first-order chi connectivity index (χ1) is 12.6. The molecule has 5 heteroatoms. The summed E-state index contributed by atoms with van der Waals surface area (Å²) in [6.45, 7) is 3.11. The second-order valence-corrected chi connectivity index (χ2v) is 6.52. The first-order valence-corrected chi connectivity index (χ1v) is 8.57. The summed E-state index contributed by atoms with van der Waals surface area (Å²) in [4.78, 5) is 23.6. The van der Waals surface area contributed by atoms with Crippen molar-refractivity contribution < 1.29 is 9.18 Å². The number of amides is 1. The summed E-state index contributed by atoms with van der Waals surface area (Å²) in [6, 6.07) is 13.8. The Bertz CT molecular complexity index is 969. The van der Waals surface area contributed by atoms with Gasteiger partial charge in [-0.2, -0.15) is 0 Å². The highest BCUT2D eigenvalue weighted by Gasteiger charge is 2.23. The molecule has 1 aliphatic rings. The highest BCUT2D eigenvalue weighted by Crippen LogP contribution is 2.22. The van der Waals surface area contributed by atoms with E-state index in [9.17, 15) is 9.18 Å². The monoisotopic (exact) mass is 347 g/mol. The molecule has 0 fully saturated rings. The summed E-state index contributed by atoms with van der Waals surface area (Å²) in [5, 5.41) is 0. The van der Waals surface area contributed by atoms with Gasteiger partial charge in [0.1, 0.15) is 5.82 Å². The Kier molecular flexibility index (Phi) is 4.21. The van der Waals surface area contributed by atoms with Crippen LogP contribution in [-0.2, 0) is 13.0 Å². The molecular weight excluding hydrogens is 329 g/mol. The Morgan fingerprint density at radius 1 is 1.15 bits per heavy atom. The minimum Gasteiger partial charge on any atom is -0.334 e. The lowest BCUT2D eigenvalue weighted by Gasteiger charge is -2.28. The van der Waals surface area contributed by atoms with Gasteiger partial charge in [0.05, 0.1) is 5.69 Å².